The smallest absolute Gasteiger partial charge is 0.0713 e. The minimum absolute atomic E-state index is 0.220. The fraction of sp³-hybridized carbons (Fsp3) is 1.00. The van der Waals surface area contributed by atoms with Gasteiger partial charge in [0.05, 0.1) is 5.60 Å². The number of hydrogen-bond acceptors (Lipinski definition) is 4. The van der Waals surface area contributed by atoms with Gasteiger partial charge in [-0.1, -0.05) is 0 Å². The molecule has 0 aliphatic carbocycles. The topological polar surface area (TPSA) is 24.5 Å². The first-order valence-electron chi connectivity index (χ1n) is 8.35. The zero-order chi connectivity index (χ0) is 14.0. The van der Waals surface area contributed by atoms with Crippen LogP contribution >= 0.6 is 11.8 Å². The summed E-state index contributed by atoms with van der Waals surface area (Å²) in [5, 5.41) is 3.97. The molecule has 3 atom stereocenters. The number of nitrogens with zero attached hydrogens (tertiary/aromatic N) is 1. The van der Waals surface area contributed by atoms with Crippen LogP contribution in [0.25, 0.3) is 0 Å². The number of rotatable bonds is 2. The van der Waals surface area contributed by atoms with Crippen molar-refractivity contribution in [3.63, 3.8) is 0 Å². The Bertz CT molecular complexity index is 314. The molecule has 3 heterocycles. The van der Waals surface area contributed by atoms with Gasteiger partial charge >= 0.3 is 0 Å². The van der Waals surface area contributed by atoms with Gasteiger partial charge in [-0.3, -0.25) is 0 Å². The molecule has 3 unspecified atom stereocenters. The number of ether oxygens (including phenoxy) is 1. The van der Waals surface area contributed by atoms with Crippen LogP contribution in [0.15, 0.2) is 0 Å². The third-order valence-electron chi connectivity index (χ3n) is 5.58. The fourth-order valence-corrected chi connectivity index (χ4v) is 5.27. The van der Waals surface area contributed by atoms with E-state index in [1.165, 1.54) is 56.6 Å². The van der Waals surface area contributed by atoms with Crippen LogP contribution in [0, 0.1) is 0 Å². The summed E-state index contributed by atoms with van der Waals surface area (Å²) >= 11 is 2.09. The van der Waals surface area contributed by atoms with E-state index in [1.807, 2.05) is 0 Å². The second kappa shape index (κ2) is 6.55. The van der Waals surface area contributed by atoms with Crippen molar-refractivity contribution in [1.29, 1.82) is 0 Å². The molecular formula is C16H30N2OS. The molecule has 116 valence electrons. The van der Waals surface area contributed by atoms with Crippen LogP contribution in [0.2, 0.25) is 0 Å². The Morgan fingerprint density at radius 1 is 1.20 bits per heavy atom. The Morgan fingerprint density at radius 3 is 2.75 bits per heavy atom. The molecule has 0 amide bonds. The van der Waals surface area contributed by atoms with Crippen LogP contribution in [-0.2, 0) is 4.74 Å². The van der Waals surface area contributed by atoms with Crippen LogP contribution in [0.4, 0.5) is 0 Å². The summed E-state index contributed by atoms with van der Waals surface area (Å²) in [6.45, 7) is 4.56. The second-order valence-corrected chi connectivity index (χ2v) is 8.28. The lowest BCUT2D eigenvalue weighted by molar-refractivity contribution is -0.0949. The van der Waals surface area contributed by atoms with Crippen molar-refractivity contribution in [1.82, 2.24) is 10.2 Å². The second-order valence-electron chi connectivity index (χ2n) is 7.05. The summed E-state index contributed by atoms with van der Waals surface area (Å²) < 4.78 is 6.20. The van der Waals surface area contributed by atoms with Crippen molar-refractivity contribution in [3.05, 3.63) is 0 Å². The highest BCUT2D eigenvalue weighted by Crippen LogP contribution is 2.37. The van der Waals surface area contributed by atoms with Crippen molar-refractivity contribution in [2.24, 2.45) is 0 Å². The van der Waals surface area contributed by atoms with Crippen molar-refractivity contribution in [2.75, 3.05) is 31.7 Å². The lowest BCUT2D eigenvalue weighted by Gasteiger charge is -2.45. The van der Waals surface area contributed by atoms with Crippen LogP contribution in [-0.4, -0.2) is 60.3 Å². The van der Waals surface area contributed by atoms with E-state index in [2.05, 4.69) is 35.9 Å². The van der Waals surface area contributed by atoms with Gasteiger partial charge in [0, 0.05) is 24.7 Å². The normalized spacial score (nSPS) is 39.0. The molecule has 3 rings (SSSR count). The molecule has 3 aliphatic heterocycles. The summed E-state index contributed by atoms with van der Waals surface area (Å²) in [6, 6.07) is 2.13. The molecule has 0 bridgehead atoms. The summed E-state index contributed by atoms with van der Waals surface area (Å²) in [6.07, 6.45) is 7.58. The molecule has 4 heteroatoms. The molecule has 0 aromatic carbocycles. The fourth-order valence-electron chi connectivity index (χ4n) is 4.04. The standard InChI is InChI=1S/C16H30N2OS/c1-13-11-14(3-7-18(13)2)17-15-4-8-19-16(12-15)5-9-20-10-6-16/h13-15,17H,3-12H2,1-2H3. The van der Waals surface area contributed by atoms with Gasteiger partial charge in [0.15, 0.2) is 0 Å². The van der Waals surface area contributed by atoms with E-state index in [-0.39, 0.29) is 5.60 Å². The monoisotopic (exact) mass is 298 g/mol. The van der Waals surface area contributed by atoms with Gasteiger partial charge in [-0.05, 0) is 70.5 Å². The summed E-state index contributed by atoms with van der Waals surface area (Å²) in [7, 11) is 2.25. The van der Waals surface area contributed by atoms with E-state index in [0.717, 1.165) is 18.7 Å². The first-order chi connectivity index (χ1) is 9.67. The Balaban J connectivity index is 1.52. The van der Waals surface area contributed by atoms with Gasteiger partial charge in [-0.25, -0.2) is 0 Å². The van der Waals surface area contributed by atoms with Gasteiger partial charge < -0.3 is 15.0 Å². The van der Waals surface area contributed by atoms with E-state index in [9.17, 15) is 0 Å². The van der Waals surface area contributed by atoms with Gasteiger partial charge in [-0.2, -0.15) is 11.8 Å². The predicted molar refractivity (Wildman–Crippen MR) is 86.5 cm³/mol. The molecule has 3 saturated heterocycles. The molecule has 3 aliphatic rings. The van der Waals surface area contributed by atoms with Gasteiger partial charge in [0.1, 0.15) is 0 Å². The maximum absolute atomic E-state index is 6.20. The van der Waals surface area contributed by atoms with Crippen molar-refractivity contribution in [3.8, 4) is 0 Å². The van der Waals surface area contributed by atoms with E-state index in [0.29, 0.717) is 6.04 Å². The summed E-state index contributed by atoms with van der Waals surface area (Å²) in [5.41, 5.74) is 0.220. The minimum Gasteiger partial charge on any atom is -0.375 e. The van der Waals surface area contributed by atoms with E-state index in [1.54, 1.807) is 0 Å². The SMILES string of the molecule is CC1CC(NC2CCOC3(CCSCC3)C2)CCN1C. The zero-order valence-electron chi connectivity index (χ0n) is 13.1. The summed E-state index contributed by atoms with van der Waals surface area (Å²) in [5.74, 6) is 2.58. The van der Waals surface area contributed by atoms with Crippen molar-refractivity contribution in [2.45, 2.75) is 69.2 Å². The Hall–Kier alpha value is 0.230. The molecule has 0 radical (unpaired) electrons. The largest absolute Gasteiger partial charge is 0.375 e. The van der Waals surface area contributed by atoms with Crippen LogP contribution in [0.5, 0.6) is 0 Å². The average Bonchev–Trinajstić information content (AvgIpc) is 2.44. The maximum atomic E-state index is 6.20. The van der Waals surface area contributed by atoms with Crippen molar-refractivity contribution >= 4 is 11.8 Å². The molecular weight excluding hydrogens is 268 g/mol. The molecule has 0 aromatic heterocycles. The number of likely N-dealkylation sites (tertiary alicyclic amines) is 1. The lowest BCUT2D eigenvalue weighted by atomic mass is 9.84. The number of piperidine rings is 1. The zero-order valence-corrected chi connectivity index (χ0v) is 13.9. The Kier molecular flexibility index (Phi) is 4.96. The van der Waals surface area contributed by atoms with Gasteiger partial charge in [0.2, 0.25) is 0 Å². The molecule has 3 fully saturated rings. The number of nitrogens with one attached hydrogen (secondary N) is 1. The first-order valence-corrected chi connectivity index (χ1v) is 9.50. The predicted octanol–water partition coefficient (Wildman–Crippen LogP) is 2.50. The Labute approximate surface area is 128 Å². The van der Waals surface area contributed by atoms with Gasteiger partial charge in [0.25, 0.3) is 0 Å². The maximum Gasteiger partial charge on any atom is 0.0713 e. The quantitative estimate of drug-likeness (QED) is 0.846. The molecule has 0 aromatic rings. The molecule has 20 heavy (non-hydrogen) atoms. The highest BCUT2D eigenvalue weighted by molar-refractivity contribution is 7.99. The number of thioether (sulfide) groups is 1. The number of hydrogen-bond donors (Lipinski definition) is 1. The van der Waals surface area contributed by atoms with Crippen LogP contribution in [0.3, 0.4) is 0 Å². The molecule has 0 saturated carbocycles. The third kappa shape index (κ3) is 3.52. The first kappa shape index (κ1) is 15.1. The van der Waals surface area contributed by atoms with Crippen molar-refractivity contribution < 1.29 is 4.74 Å². The van der Waals surface area contributed by atoms with Gasteiger partial charge in [-0.15, -0.1) is 0 Å². The van der Waals surface area contributed by atoms with E-state index < -0.39 is 0 Å². The average molecular weight is 298 g/mol. The minimum atomic E-state index is 0.220. The van der Waals surface area contributed by atoms with Crippen LogP contribution in [0.1, 0.15) is 45.4 Å². The van der Waals surface area contributed by atoms with E-state index in [4.69, 9.17) is 4.74 Å². The third-order valence-corrected chi connectivity index (χ3v) is 6.56. The molecule has 3 nitrogen and oxygen atoms in total. The summed E-state index contributed by atoms with van der Waals surface area (Å²) in [4.78, 5) is 2.49. The van der Waals surface area contributed by atoms with E-state index >= 15 is 0 Å². The highest BCUT2D eigenvalue weighted by Gasteiger charge is 2.39. The Morgan fingerprint density at radius 2 is 2.00 bits per heavy atom. The van der Waals surface area contributed by atoms with Crippen LogP contribution < -0.4 is 5.32 Å². The highest BCUT2D eigenvalue weighted by atomic mass is 32.2. The lowest BCUT2D eigenvalue weighted by Crippen LogP contribution is -2.54. The molecule has 1 N–H and O–H groups in total. The molecule has 1 spiro atoms.